The van der Waals surface area contributed by atoms with Crippen molar-refractivity contribution in [2.24, 2.45) is 0 Å². The Kier molecular flexibility index (Phi) is 4.43. The number of amides is 1. The third-order valence-electron chi connectivity index (χ3n) is 5.40. The number of pyridine rings is 1. The van der Waals surface area contributed by atoms with Crippen molar-refractivity contribution in [1.29, 1.82) is 0 Å². The summed E-state index contributed by atoms with van der Waals surface area (Å²) in [4.78, 5) is 32.8. The molecular formula is C24H18N2O5. The van der Waals surface area contributed by atoms with Gasteiger partial charge in [-0.3, -0.25) is 14.5 Å². The number of carbonyl (C=O) groups excluding carboxylic acids is 1. The molecule has 7 nitrogen and oxygen atoms in total. The molecule has 154 valence electrons. The maximum atomic E-state index is 13.5. The number of aromatic nitrogens is 1. The van der Waals surface area contributed by atoms with E-state index in [1.54, 1.807) is 74.0 Å². The number of para-hydroxylation sites is 1. The van der Waals surface area contributed by atoms with E-state index in [1.165, 1.54) is 12.0 Å². The van der Waals surface area contributed by atoms with Crippen molar-refractivity contribution >= 4 is 22.7 Å². The Hall–Kier alpha value is -4.13. The van der Waals surface area contributed by atoms with E-state index in [-0.39, 0.29) is 16.8 Å². The first-order valence-corrected chi connectivity index (χ1v) is 9.66. The quantitative estimate of drug-likeness (QED) is 0.503. The molecule has 2 aromatic carbocycles. The average Bonchev–Trinajstić information content (AvgIpc) is 3.11. The van der Waals surface area contributed by atoms with Gasteiger partial charge in [-0.25, -0.2) is 4.98 Å². The van der Waals surface area contributed by atoms with Crippen molar-refractivity contribution in [3.63, 3.8) is 0 Å². The molecule has 1 amide bonds. The van der Waals surface area contributed by atoms with E-state index in [4.69, 9.17) is 13.9 Å². The molecule has 4 aromatic rings. The summed E-state index contributed by atoms with van der Waals surface area (Å²) in [7, 11) is 3.08. The number of benzene rings is 2. The summed E-state index contributed by atoms with van der Waals surface area (Å²) < 4.78 is 16.7. The molecule has 2 aromatic heterocycles. The van der Waals surface area contributed by atoms with Gasteiger partial charge in [-0.05, 0) is 42.0 Å². The van der Waals surface area contributed by atoms with E-state index < -0.39 is 11.9 Å². The molecule has 0 bridgehead atoms. The van der Waals surface area contributed by atoms with Crippen LogP contribution in [0.25, 0.3) is 11.0 Å². The summed E-state index contributed by atoms with van der Waals surface area (Å²) in [5.74, 6) is 1.06. The monoisotopic (exact) mass is 414 g/mol. The van der Waals surface area contributed by atoms with E-state index in [0.717, 1.165) is 0 Å². The molecule has 0 unspecified atom stereocenters. The molecule has 0 saturated carbocycles. The Bertz CT molecular complexity index is 1360. The summed E-state index contributed by atoms with van der Waals surface area (Å²) in [5, 5.41) is 0.419. The van der Waals surface area contributed by atoms with Gasteiger partial charge in [0.05, 0.1) is 31.2 Å². The maximum absolute atomic E-state index is 13.5. The second-order valence-corrected chi connectivity index (χ2v) is 7.05. The van der Waals surface area contributed by atoms with Gasteiger partial charge in [-0.2, -0.15) is 0 Å². The summed E-state index contributed by atoms with van der Waals surface area (Å²) in [6, 6.07) is 16.8. The fourth-order valence-electron chi connectivity index (χ4n) is 3.99. The molecule has 1 atom stereocenters. The minimum absolute atomic E-state index is 0.0223. The van der Waals surface area contributed by atoms with Gasteiger partial charge in [0.2, 0.25) is 5.76 Å². The number of hydrogen-bond acceptors (Lipinski definition) is 6. The van der Waals surface area contributed by atoms with Gasteiger partial charge in [-0.1, -0.05) is 24.3 Å². The summed E-state index contributed by atoms with van der Waals surface area (Å²) in [6.45, 7) is 0. The highest BCUT2D eigenvalue weighted by atomic mass is 16.5. The molecule has 0 spiro atoms. The standard InChI is InChI=1S/C24H18N2O5/c1-29-17-11-10-14(13-18(17)30-2)21-20-22(27)15-7-3-4-8-16(15)31-23(20)24(28)26(21)19-9-5-6-12-25-19/h3-13,21H,1-2H3/t21-/m0/s1. The molecule has 5 rings (SSSR count). The molecule has 31 heavy (non-hydrogen) atoms. The minimum atomic E-state index is -0.724. The zero-order valence-corrected chi connectivity index (χ0v) is 16.9. The normalized spacial score (nSPS) is 15.2. The highest BCUT2D eigenvalue weighted by molar-refractivity contribution is 6.10. The molecule has 3 heterocycles. The van der Waals surface area contributed by atoms with E-state index in [1.807, 2.05) is 0 Å². The molecule has 1 aliphatic rings. The molecule has 0 aliphatic carbocycles. The Morgan fingerprint density at radius 2 is 1.71 bits per heavy atom. The van der Waals surface area contributed by atoms with Gasteiger partial charge in [0.15, 0.2) is 16.9 Å². The summed E-state index contributed by atoms with van der Waals surface area (Å²) >= 11 is 0. The van der Waals surface area contributed by atoms with Crippen LogP contribution < -0.4 is 19.8 Å². The van der Waals surface area contributed by atoms with Crippen molar-refractivity contribution in [3.8, 4) is 11.5 Å². The van der Waals surface area contributed by atoms with Crippen molar-refractivity contribution in [2.75, 3.05) is 19.1 Å². The average molecular weight is 414 g/mol. The lowest BCUT2D eigenvalue weighted by Gasteiger charge is -2.24. The third-order valence-corrected chi connectivity index (χ3v) is 5.40. The number of methoxy groups -OCH3 is 2. The first kappa shape index (κ1) is 18.9. The number of rotatable bonds is 4. The smallest absolute Gasteiger partial charge is 0.296 e. The molecule has 7 heteroatoms. The fourth-order valence-corrected chi connectivity index (χ4v) is 3.99. The first-order valence-electron chi connectivity index (χ1n) is 9.66. The molecule has 0 fully saturated rings. The van der Waals surface area contributed by atoms with Crippen LogP contribution in [-0.4, -0.2) is 25.1 Å². The molecular weight excluding hydrogens is 396 g/mol. The highest BCUT2D eigenvalue weighted by Gasteiger charge is 2.44. The Morgan fingerprint density at radius 1 is 0.935 bits per heavy atom. The van der Waals surface area contributed by atoms with Gasteiger partial charge in [0.25, 0.3) is 5.91 Å². The van der Waals surface area contributed by atoms with Crippen molar-refractivity contribution in [3.05, 3.63) is 94.0 Å². The number of nitrogens with zero attached hydrogens (tertiary/aromatic N) is 2. The van der Waals surface area contributed by atoms with Gasteiger partial charge >= 0.3 is 0 Å². The zero-order valence-electron chi connectivity index (χ0n) is 16.9. The fraction of sp³-hybridized carbons (Fsp3) is 0.125. The van der Waals surface area contributed by atoms with Crippen molar-refractivity contribution in [1.82, 2.24) is 4.98 Å². The molecule has 0 radical (unpaired) electrons. The Labute approximate surface area is 177 Å². The van der Waals surface area contributed by atoms with Crippen molar-refractivity contribution in [2.45, 2.75) is 6.04 Å². The SMILES string of the molecule is COc1ccc([C@H]2c3c(oc4ccccc4c3=O)C(=O)N2c2ccccn2)cc1OC. The Morgan fingerprint density at radius 3 is 2.45 bits per heavy atom. The predicted molar refractivity (Wildman–Crippen MR) is 115 cm³/mol. The van der Waals surface area contributed by atoms with Gasteiger partial charge in [-0.15, -0.1) is 0 Å². The van der Waals surface area contributed by atoms with E-state index in [0.29, 0.717) is 33.8 Å². The predicted octanol–water partition coefficient (Wildman–Crippen LogP) is 3.96. The lowest BCUT2D eigenvalue weighted by atomic mass is 9.98. The number of ether oxygens (including phenoxy) is 2. The van der Waals surface area contributed by atoms with Crippen LogP contribution in [0.4, 0.5) is 5.82 Å². The van der Waals surface area contributed by atoms with Crippen LogP contribution in [-0.2, 0) is 0 Å². The summed E-state index contributed by atoms with van der Waals surface area (Å²) in [6.07, 6.45) is 1.60. The van der Waals surface area contributed by atoms with Gasteiger partial charge < -0.3 is 13.9 Å². The van der Waals surface area contributed by atoms with Crippen LogP contribution in [0.1, 0.15) is 27.7 Å². The lowest BCUT2D eigenvalue weighted by Crippen LogP contribution is -2.30. The number of hydrogen-bond donors (Lipinski definition) is 0. The minimum Gasteiger partial charge on any atom is -0.493 e. The van der Waals surface area contributed by atoms with Crippen LogP contribution in [0, 0.1) is 0 Å². The third kappa shape index (κ3) is 2.85. The summed E-state index contributed by atoms with van der Waals surface area (Å²) in [5.41, 5.74) is 1.08. The van der Waals surface area contributed by atoms with Gasteiger partial charge in [0.1, 0.15) is 11.4 Å². The van der Waals surface area contributed by atoms with Crippen LogP contribution in [0.2, 0.25) is 0 Å². The number of carbonyl (C=O) groups is 1. The zero-order chi connectivity index (χ0) is 21.5. The largest absolute Gasteiger partial charge is 0.493 e. The van der Waals surface area contributed by atoms with Crippen LogP contribution in [0.5, 0.6) is 11.5 Å². The second kappa shape index (κ2) is 7.28. The van der Waals surface area contributed by atoms with Crippen molar-refractivity contribution < 1.29 is 18.7 Å². The second-order valence-electron chi connectivity index (χ2n) is 7.05. The van der Waals surface area contributed by atoms with Gasteiger partial charge in [0, 0.05) is 6.20 Å². The maximum Gasteiger partial charge on any atom is 0.296 e. The molecule has 0 N–H and O–H groups in total. The number of anilines is 1. The van der Waals surface area contributed by atoms with E-state index in [2.05, 4.69) is 4.98 Å². The molecule has 0 saturated heterocycles. The van der Waals surface area contributed by atoms with Crippen LogP contribution >= 0.6 is 0 Å². The Balaban J connectivity index is 1.81. The lowest BCUT2D eigenvalue weighted by molar-refractivity contribution is 0.0970. The van der Waals surface area contributed by atoms with E-state index >= 15 is 0 Å². The van der Waals surface area contributed by atoms with Crippen LogP contribution in [0.3, 0.4) is 0 Å². The van der Waals surface area contributed by atoms with E-state index in [9.17, 15) is 9.59 Å². The van der Waals surface area contributed by atoms with Crippen LogP contribution in [0.15, 0.2) is 76.1 Å². The topological polar surface area (TPSA) is 81.9 Å². The first-order chi connectivity index (χ1) is 15.1. The highest BCUT2D eigenvalue weighted by Crippen LogP contribution is 2.42. The number of fused-ring (bicyclic) bond motifs is 2. The molecule has 1 aliphatic heterocycles.